The van der Waals surface area contributed by atoms with E-state index >= 15 is 0 Å². The van der Waals surface area contributed by atoms with Gasteiger partial charge in [-0.05, 0) is 54.1 Å². The van der Waals surface area contributed by atoms with E-state index in [1.807, 2.05) is 41.8 Å². The van der Waals surface area contributed by atoms with E-state index < -0.39 is 6.04 Å². The van der Waals surface area contributed by atoms with Crippen LogP contribution in [0.4, 0.5) is 0 Å². The third-order valence-corrected chi connectivity index (χ3v) is 8.66. The molecule has 10 heteroatoms. The first-order valence-corrected chi connectivity index (χ1v) is 14.9. The number of furan rings is 1. The molecule has 1 saturated carbocycles. The molecule has 9 nitrogen and oxygen atoms in total. The summed E-state index contributed by atoms with van der Waals surface area (Å²) in [7, 11) is 0. The monoisotopic (exact) mass is 565 g/mol. The van der Waals surface area contributed by atoms with Gasteiger partial charge in [0.2, 0.25) is 12.7 Å². The van der Waals surface area contributed by atoms with Gasteiger partial charge in [0.05, 0.1) is 19.8 Å². The molecule has 40 heavy (non-hydrogen) atoms. The normalized spacial score (nSPS) is 18.4. The first kappa shape index (κ1) is 26.9. The second-order valence-corrected chi connectivity index (χ2v) is 11.5. The summed E-state index contributed by atoms with van der Waals surface area (Å²) in [5.41, 5.74) is 0.838. The standard InChI is InChI=1S/C30H35N3O6S/c34-29(31-22-5-2-1-3-6-22)28(27-7-4-16-40-27)33(18-21-8-10-24-26(17-21)38-20-37-24)30(35)25-11-9-23(39-25)19-32-12-14-36-15-13-32/h4,7-11,16-17,22,28H,1-3,5-6,12-15,18-20H2,(H,31,34)/t28-/m0/s1. The van der Waals surface area contributed by atoms with E-state index in [1.54, 1.807) is 11.0 Å². The fourth-order valence-corrected chi connectivity index (χ4v) is 6.45. The second kappa shape index (κ2) is 12.4. The predicted octanol–water partition coefficient (Wildman–Crippen LogP) is 4.73. The minimum Gasteiger partial charge on any atom is -0.455 e. The Hall–Kier alpha value is -3.34. The van der Waals surface area contributed by atoms with Crippen LogP contribution < -0.4 is 14.8 Å². The Labute approximate surface area is 238 Å². The van der Waals surface area contributed by atoms with Crippen molar-refractivity contribution in [1.29, 1.82) is 0 Å². The van der Waals surface area contributed by atoms with Gasteiger partial charge >= 0.3 is 0 Å². The summed E-state index contributed by atoms with van der Waals surface area (Å²) in [6.45, 7) is 4.00. The number of carbonyl (C=O) groups excluding carboxylic acids is 2. The molecule has 1 saturated heterocycles. The lowest BCUT2D eigenvalue weighted by atomic mass is 9.95. The molecular weight excluding hydrogens is 530 g/mol. The van der Waals surface area contributed by atoms with Crippen LogP contribution in [0, 0.1) is 0 Å². The highest BCUT2D eigenvalue weighted by atomic mass is 32.1. The van der Waals surface area contributed by atoms with Crippen molar-refractivity contribution >= 4 is 23.2 Å². The number of nitrogens with zero attached hydrogens (tertiary/aromatic N) is 2. The lowest BCUT2D eigenvalue weighted by Gasteiger charge is -2.32. The summed E-state index contributed by atoms with van der Waals surface area (Å²) < 4.78 is 22.6. The Kier molecular flexibility index (Phi) is 8.36. The highest BCUT2D eigenvalue weighted by Gasteiger charge is 2.35. The minimum atomic E-state index is -0.798. The Morgan fingerprint density at radius 2 is 1.85 bits per heavy atom. The minimum absolute atomic E-state index is 0.120. The van der Waals surface area contributed by atoms with Crippen LogP contribution in [-0.2, 0) is 22.6 Å². The topological polar surface area (TPSA) is 93.5 Å². The molecule has 0 radical (unpaired) electrons. The van der Waals surface area contributed by atoms with Gasteiger partial charge in [-0.3, -0.25) is 14.5 Å². The number of benzene rings is 1. The molecule has 1 aromatic carbocycles. The molecule has 2 aromatic heterocycles. The molecule has 212 valence electrons. The molecule has 0 unspecified atom stereocenters. The van der Waals surface area contributed by atoms with Crippen LogP contribution in [0.1, 0.15) is 64.9 Å². The Morgan fingerprint density at radius 1 is 1.02 bits per heavy atom. The Morgan fingerprint density at radius 3 is 2.65 bits per heavy atom. The number of rotatable bonds is 9. The van der Waals surface area contributed by atoms with Crippen LogP contribution in [-0.4, -0.2) is 60.8 Å². The summed E-state index contributed by atoms with van der Waals surface area (Å²) in [5, 5.41) is 5.20. The van der Waals surface area contributed by atoms with Crippen LogP contribution in [0.5, 0.6) is 11.5 Å². The van der Waals surface area contributed by atoms with Crippen molar-refractivity contribution < 1.29 is 28.2 Å². The van der Waals surface area contributed by atoms with E-state index in [9.17, 15) is 9.59 Å². The number of thiophene rings is 1. The Bertz CT molecular complexity index is 1300. The van der Waals surface area contributed by atoms with E-state index in [-0.39, 0.29) is 37.0 Å². The molecule has 1 aliphatic carbocycles. The highest BCUT2D eigenvalue weighted by Crippen LogP contribution is 2.35. The van der Waals surface area contributed by atoms with Gasteiger partial charge in [-0.2, -0.15) is 0 Å². The second-order valence-electron chi connectivity index (χ2n) is 10.5. The average molecular weight is 566 g/mol. The van der Waals surface area contributed by atoms with Crippen molar-refractivity contribution in [2.45, 2.75) is 57.3 Å². The number of nitrogens with one attached hydrogen (secondary N) is 1. The third kappa shape index (κ3) is 6.19. The maximum Gasteiger partial charge on any atom is 0.290 e. The van der Waals surface area contributed by atoms with Gasteiger partial charge in [0, 0.05) is 30.6 Å². The molecule has 0 bridgehead atoms. The molecule has 1 atom stereocenters. The largest absolute Gasteiger partial charge is 0.455 e. The van der Waals surface area contributed by atoms with Crippen LogP contribution in [0.2, 0.25) is 0 Å². The predicted molar refractivity (Wildman–Crippen MR) is 149 cm³/mol. The Balaban J connectivity index is 1.30. The van der Waals surface area contributed by atoms with Crippen LogP contribution >= 0.6 is 11.3 Å². The van der Waals surface area contributed by atoms with Crippen molar-refractivity contribution in [1.82, 2.24) is 15.1 Å². The van der Waals surface area contributed by atoms with Crippen molar-refractivity contribution in [2.24, 2.45) is 0 Å². The zero-order valence-corrected chi connectivity index (χ0v) is 23.3. The van der Waals surface area contributed by atoms with Gasteiger partial charge in [0.15, 0.2) is 17.3 Å². The molecule has 4 heterocycles. The number of amides is 2. The van der Waals surface area contributed by atoms with Crippen LogP contribution in [0.25, 0.3) is 0 Å². The fourth-order valence-electron chi connectivity index (χ4n) is 5.61. The smallest absolute Gasteiger partial charge is 0.290 e. The first-order chi connectivity index (χ1) is 19.6. The summed E-state index contributed by atoms with van der Waals surface area (Å²) in [6, 6.07) is 12.3. The summed E-state index contributed by atoms with van der Waals surface area (Å²) in [5.74, 6) is 1.75. The van der Waals surface area contributed by atoms with E-state index in [1.165, 1.54) is 17.8 Å². The highest BCUT2D eigenvalue weighted by molar-refractivity contribution is 7.10. The lowest BCUT2D eigenvalue weighted by Crippen LogP contribution is -2.46. The summed E-state index contributed by atoms with van der Waals surface area (Å²) >= 11 is 1.47. The molecule has 2 fully saturated rings. The van der Waals surface area contributed by atoms with Gasteiger partial charge in [-0.1, -0.05) is 31.4 Å². The molecule has 6 rings (SSSR count). The van der Waals surface area contributed by atoms with E-state index in [0.717, 1.165) is 49.2 Å². The molecule has 2 amide bonds. The van der Waals surface area contributed by atoms with Gasteiger partial charge < -0.3 is 28.8 Å². The lowest BCUT2D eigenvalue weighted by molar-refractivity contribution is -0.127. The van der Waals surface area contributed by atoms with Crippen molar-refractivity contribution in [3.8, 4) is 11.5 Å². The number of hydrogen-bond donors (Lipinski definition) is 1. The van der Waals surface area contributed by atoms with E-state index in [4.69, 9.17) is 18.6 Å². The van der Waals surface area contributed by atoms with Gasteiger partial charge in [-0.25, -0.2) is 0 Å². The average Bonchev–Trinajstić information content (AvgIpc) is 3.76. The maximum atomic E-state index is 14.2. The van der Waals surface area contributed by atoms with Gasteiger partial charge in [0.1, 0.15) is 11.8 Å². The summed E-state index contributed by atoms with van der Waals surface area (Å²) in [4.78, 5) is 32.8. The van der Waals surface area contributed by atoms with Crippen LogP contribution in [0.3, 0.4) is 0 Å². The van der Waals surface area contributed by atoms with Crippen molar-refractivity contribution in [3.63, 3.8) is 0 Å². The number of morpholine rings is 1. The zero-order chi connectivity index (χ0) is 27.3. The third-order valence-electron chi connectivity index (χ3n) is 7.73. The number of carbonyl (C=O) groups is 2. The zero-order valence-electron chi connectivity index (χ0n) is 22.5. The SMILES string of the molecule is O=C(NC1CCCCC1)[C@H](c1cccs1)N(Cc1ccc2c(c1)OCO2)C(=O)c1ccc(CN2CCOCC2)o1. The molecule has 3 aliphatic rings. The number of fused-ring (bicyclic) bond motifs is 1. The van der Waals surface area contributed by atoms with E-state index in [0.29, 0.717) is 37.0 Å². The molecule has 3 aromatic rings. The maximum absolute atomic E-state index is 14.2. The summed E-state index contributed by atoms with van der Waals surface area (Å²) in [6.07, 6.45) is 5.32. The number of hydrogen-bond acceptors (Lipinski definition) is 8. The number of ether oxygens (including phenoxy) is 3. The van der Waals surface area contributed by atoms with Crippen LogP contribution in [0.15, 0.2) is 52.3 Å². The first-order valence-electron chi connectivity index (χ1n) is 14.1. The quantitative estimate of drug-likeness (QED) is 0.401. The molecular formula is C30H35N3O6S. The van der Waals surface area contributed by atoms with E-state index in [2.05, 4.69) is 10.2 Å². The molecule has 1 N–H and O–H groups in total. The fraction of sp³-hybridized carbons (Fsp3) is 0.467. The van der Waals surface area contributed by atoms with Crippen molar-refractivity contribution in [2.75, 3.05) is 33.1 Å². The van der Waals surface area contributed by atoms with Crippen molar-refractivity contribution in [3.05, 3.63) is 69.8 Å². The molecule has 0 spiro atoms. The van der Waals surface area contributed by atoms with Gasteiger partial charge in [0.25, 0.3) is 5.91 Å². The molecule has 2 aliphatic heterocycles. The van der Waals surface area contributed by atoms with Gasteiger partial charge in [-0.15, -0.1) is 11.3 Å².